The van der Waals surface area contributed by atoms with E-state index in [2.05, 4.69) is 5.32 Å². The van der Waals surface area contributed by atoms with E-state index in [-0.39, 0.29) is 27.5 Å². The van der Waals surface area contributed by atoms with Gasteiger partial charge in [0.1, 0.15) is 0 Å². The molecule has 0 unspecified atom stereocenters. The van der Waals surface area contributed by atoms with E-state index in [9.17, 15) is 24.5 Å². The minimum atomic E-state index is -0.928. The van der Waals surface area contributed by atoms with Gasteiger partial charge in [0.2, 0.25) is 0 Å². The molecule has 9 nitrogen and oxygen atoms in total. The summed E-state index contributed by atoms with van der Waals surface area (Å²) < 4.78 is 4.82. The van der Waals surface area contributed by atoms with Gasteiger partial charge in [-0.25, -0.2) is 4.79 Å². The molecule has 2 aromatic rings. The number of nitrogens with one attached hydrogen (secondary N) is 1. The number of carbonyl (C=O) groups excluding carboxylic acids is 3. The summed E-state index contributed by atoms with van der Waals surface area (Å²) in [5.41, 5.74) is 5.07. The van der Waals surface area contributed by atoms with Gasteiger partial charge in [-0.3, -0.25) is 19.7 Å². The summed E-state index contributed by atoms with van der Waals surface area (Å²) >= 11 is 5.81. The molecule has 0 fully saturated rings. The van der Waals surface area contributed by atoms with Crippen LogP contribution in [0.15, 0.2) is 42.5 Å². The number of nitro benzene ring substituents is 1. The Kier molecular flexibility index (Phi) is 5.86. The molecule has 134 valence electrons. The highest BCUT2D eigenvalue weighted by Gasteiger charge is 2.18. The Hall–Kier alpha value is -3.46. The van der Waals surface area contributed by atoms with Crippen molar-refractivity contribution < 1.29 is 24.0 Å². The number of primary amides is 1. The first kappa shape index (κ1) is 18.9. The first-order valence-electron chi connectivity index (χ1n) is 7.09. The van der Waals surface area contributed by atoms with Gasteiger partial charge < -0.3 is 15.8 Å². The Balaban J connectivity index is 2.01. The van der Waals surface area contributed by atoms with E-state index in [0.29, 0.717) is 0 Å². The molecule has 2 amide bonds. The Morgan fingerprint density at radius 3 is 2.46 bits per heavy atom. The molecule has 0 radical (unpaired) electrons. The summed E-state index contributed by atoms with van der Waals surface area (Å²) in [6.07, 6.45) is 0. The SMILES string of the molecule is NC(=O)c1ccccc1NC(=O)COC(=O)c1ccc([N+](=O)[O-])cc1Cl. The highest BCUT2D eigenvalue weighted by Crippen LogP contribution is 2.23. The summed E-state index contributed by atoms with van der Waals surface area (Å²) in [5.74, 6) is -2.36. The van der Waals surface area contributed by atoms with E-state index in [1.807, 2.05) is 0 Å². The first-order chi connectivity index (χ1) is 12.3. The Morgan fingerprint density at radius 2 is 1.85 bits per heavy atom. The number of carbonyl (C=O) groups is 3. The van der Waals surface area contributed by atoms with Gasteiger partial charge in [0.15, 0.2) is 6.61 Å². The van der Waals surface area contributed by atoms with Crippen molar-refractivity contribution in [3.8, 4) is 0 Å². The van der Waals surface area contributed by atoms with Gasteiger partial charge >= 0.3 is 5.97 Å². The quantitative estimate of drug-likeness (QED) is 0.448. The van der Waals surface area contributed by atoms with Crippen LogP contribution in [0.3, 0.4) is 0 Å². The van der Waals surface area contributed by atoms with Gasteiger partial charge in [-0.05, 0) is 18.2 Å². The largest absolute Gasteiger partial charge is 0.452 e. The Bertz CT molecular complexity index is 899. The zero-order chi connectivity index (χ0) is 19.3. The van der Waals surface area contributed by atoms with Crippen LogP contribution in [-0.2, 0) is 9.53 Å². The van der Waals surface area contributed by atoms with E-state index in [1.165, 1.54) is 12.1 Å². The third kappa shape index (κ3) is 4.54. The van der Waals surface area contributed by atoms with Gasteiger partial charge in [0.25, 0.3) is 17.5 Å². The van der Waals surface area contributed by atoms with Crippen molar-refractivity contribution in [2.45, 2.75) is 0 Å². The van der Waals surface area contributed by atoms with Gasteiger partial charge in [-0.2, -0.15) is 0 Å². The summed E-state index contributed by atoms with van der Waals surface area (Å²) in [6.45, 7) is -0.654. The number of non-ortho nitro benzene ring substituents is 1. The third-order valence-corrected chi connectivity index (χ3v) is 3.50. The molecular weight excluding hydrogens is 366 g/mol. The molecule has 0 bridgehead atoms. The van der Waals surface area contributed by atoms with Gasteiger partial charge in [-0.1, -0.05) is 23.7 Å². The average Bonchev–Trinajstić information content (AvgIpc) is 2.59. The Morgan fingerprint density at radius 1 is 1.15 bits per heavy atom. The summed E-state index contributed by atoms with van der Waals surface area (Å²) in [6, 6.07) is 9.28. The molecule has 0 saturated heterocycles. The highest BCUT2D eigenvalue weighted by molar-refractivity contribution is 6.33. The zero-order valence-corrected chi connectivity index (χ0v) is 13.9. The number of hydrogen-bond acceptors (Lipinski definition) is 6. The van der Waals surface area contributed by atoms with Crippen LogP contribution in [0.4, 0.5) is 11.4 Å². The molecule has 0 aliphatic carbocycles. The van der Waals surface area contributed by atoms with Crippen molar-refractivity contribution in [2.75, 3.05) is 11.9 Å². The minimum absolute atomic E-state index is 0.102. The van der Waals surface area contributed by atoms with Crippen LogP contribution in [0.1, 0.15) is 20.7 Å². The first-order valence-corrected chi connectivity index (χ1v) is 7.47. The second-order valence-corrected chi connectivity index (χ2v) is 5.36. The van der Waals surface area contributed by atoms with Gasteiger partial charge in [0.05, 0.1) is 26.8 Å². The van der Waals surface area contributed by atoms with E-state index in [1.54, 1.807) is 12.1 Å². The summed E-state index contributed by atoms with van der Waals surface area (Å²) in [4.78, 5) is 45.1. The number of anilines is 1. The third-order valence-electron chi connectivity index (χ3n) is 3.18. The van der Waals surface area contributed by atoms with Crippen molar-refractivity contribution in [1.82, 2.24) is 0 Å². The highest BCUT2D eigenvalue weighted by atomic mass is 35.5. The van der Waals surface area contributed by atoms with E-state index >= 15 is 0 Å². The number of nitro groups is 1. The molecular formula is C16H12ClN3O6. The number of nitrogens with two attached hydrogens (primary N) is 1. The second kappa shape index (κ2) is 8.08. The predicted molar refractivity (Wildman–Crippen MR) is 92.0 cm³/mol. The number of nitrogens with zero attached hydrogens (tertiary/aromatic N) is 1. The molecule has 0 spiro atoms. The maximum Gasteiger partial charge on any atom is 0.340 e. The van der Waals surface area contributed by atoms with Crippen LogP contribution in [0.2, 0.25) is 5.02 Å². The lowest BCUT2D eigenvalue weighted by molar-refractivity contribution is -0.384. The van der Waals surface area contributed by atoms with Gasteiger partial charge in [0, 0.05) is 12.1 Å². The van der Waals surface area contributed by atoms with E-state index < -0.39 is 29.3 Å². The minimum Gasteiger partial charge on any atom is -0.452 e. The normalized spacial score (nSPS) is 10.0. The number of benzene rings is 2. The molecule has 2 rings (SSSR count). The van der Waals surface area contributed by atoms with Crippen LogP contribution in [0.5, 0.6) is 0 Å². The molecule has 10 heteroatoms. The van der Waals surface area contributed by atoms with Crippen molar-refractivity contribution in [2.24, 2.45) is 5.73 Å². The fraction of sp³-hybridized carbons (Fsp3) is 0.0625. The number of esters is 1. The molecule has 0 aliphatic rings. The number of amides is 2. The fourth-order valence-corrected chi connectivity index (χ4v) is 2.24. The fourth-order valence-electron chi connectivity index (χ4n) is 1.99. The molecule has 0 aromatic heterocycles. The van der Waals surface area contributed by atoms with Crippen molar-refractivity contribution in [3.63, 3.8) is 0 Å². The van der Waals surface area contributed by atoms with Crippen LogP contribution >= 0.6 is 11.6 Å². The number of halogens is 1. The van der Waals surface area contributed by atoms with Crippen molar-refractivity contribution in [1.29, 1.82) is 0 Å². The lowest BCUT2D eigenvalue weighted by Gasteiger charge is -2.09. The molecule has 26 heavy (non-hydrogen) atoms. The second-order valence-electron chi connectivity index (χ2n) is 4.96. The maximum absolute atomic E-state index is 11.9. The topological polar surface area (TPSA) is 142 Å². The molecule has 2 aromatic carbocycles. The summed E-state index contributed by atoms with van der Waals surface area (Å²) in [7, 11) is 0. The molecule has 0 saturated carbocycles. The maximum atomic E-state index is 11.9. The van der Waals surface area contributed by atoms with Gasteiger partial charge in [-0.15, -0.1) is 0 Å². The number of para-hydroxylation sites is 1. The number of rotatable bonds is 6. The molecule has 0 atom stereocenters. The lowest BCUT2D eigenvalue weighted by atomic mass is 10.1. The number of ether oxygens (including phenoxy) is 1. The predicted octanol–water partition coefficient (Wildman–Crippen LogP) is 2.14. The lowest BCUT2D eigenvalue weighted by Crippen LogP contribution is -2.23. The average molecular weight is 378 g/mol. The van der Waals surface area contributed by atoms with Crippen LogP contribution < -0.4 is 11.1 Å². The zero-order valence-electron chi connectivity index (χ0n) is 13.1. The van der Waals surface area contributed by atoms with E-state index in [0.717, 1.165) is 18.2 Å². The van der Waals surface area contributed by atoms with Crippen LogP contribution in [-0.4, -0.2) is 29.3 Å². The van der Waals surface area contributed by atoms with E-state index in [4.69, 9.17) is 22.1 Å². The Labute approximate surface area is 151 Å². The van der Waals surface area contributed by atoms with Crippen molar-refractivity contribution >= 4 is 40.8 Å². The molecule has 3 N–H and O–H groups in total. The standard InChI is InChI=1S/C16H12ClN3O6/c17-12-7-9(20(24)25)5-6-10(12)16(23)26-8-14(21)19-13-4-2-1-3-11(13)15(18)22/h1-7H,8H2,(H2,18,22)(H,19,21). The monoisotopic (exact) mass is 377 g/mol. The van der Waals surface area contributed by atoms with Crippen LogP contribution in [0.25, 0.3) is 0 Å². The van der Waals surface area contributed by atoms with Crippen molar-refractivity contribution in [3.05, 3.63) is 68.7 Å². The smallest absolute Gasteiger partial charge is 0.340 e. The molecule has 0 aliphatic heterocycles. The summed E-state index contributed by atoms with van der Waals surface area (Å²) in [5, 5.41) is 12.9. The number of hydrogen-bond donors (Lipinski definition) is 2. The molecule has 0 heterocycles. The van der Waals surface area contributed by atoms with Crippen LogP contribution in [0, 0.1) is 10.1 Å².